The molecule has 0 unspecified atom stereocenters. The summed E-state index contributed by atoms with van der Waals surface area (Å²) in [5.41, 5.74) is 4.51. The molecule has 0 aliphatic carbocycles. The van der Waals surface area contributed by atoms with Crippen molar-refractivity contribution >= 4 is 16.8 Å². The fraction of sp³-hybridized carbons (Fsp3) is 0.304. The van der Waals surface area contributed by atoms with Crippen molar-refractivity contribution in [1.29, 1.82) is 0 Å². The third kappa shape index (κ3) is 4.26. The number of ether oxygens (including phenoxy) is 2. The number of H-pyrrole nitrogens is 1. The maximum atomic E-state index is 12.4. The minimum atomic E-state index is -0.108. The van der Waals surface area contributed by atoms with Crippen LogP contribution in [0.15, 0.2) is 41.2 Å². The number of aromatic amines is 1. The van der Waals surface area contributed by atoms with Crippen molar-refractivity contribution in [2.75, 3.05) is 19.8 Å². The van der Waals surface area contributed by atoms with E-state index in [2.05, 4.69) is 16.4 Å². The van der Waals surface area contributed by atoms with E-state index in [9.17, 15) is 9.59 Å². The molecule has 6 nitrogen and oxygen atoms in total. The number of hydrogen-bond donors (Lipinski definition) is 2. The molecule has 2 aromatic carbocycles. The lowest BCUT2D eigenvalue weighted by Gasteiger charge is -2.18. The predicted octanol–water partition coefficient (Wildman–Crippen LogP) is 2.82. The summed E-state index contributed by atoms with van der Waals surface area (Å²) in [6.45, 7) is 5.51. The number of carbonyl (C=O) groups is 1. The Hall–Kier alpha value is -3.28. The standard InChI is InChI=1S/C23H24N2O4/c1-14-9-15(2)18-13-17(23(27)25-19(18)10-14)5-6-24-22(26)12-16-3-4-20-21(11-16)29-8-7-28-20/h3-4,9-11,13H,5-8,12H2,1-2H3,(H,24,26)(H,25,27). The van der Waals surface area contributed by atoms with E-state index < -0.39 is 0 Å². The molecule has 0 radical (unpaired) electrons. The van der Waals surface area contributed by atoms with Gasteiger partial charge in [-0.05, 0) is 61.2 Å². The maximum absolute atomic E-state index is 12.4. The van der Waals surface area contributed by atoms with E-state index in [1.54, 1.807) is 0 Å². The highest BCUT2D eigenvalue weighted by Crippen LogP contribution is 2.30. The van der Waals surface area contributed by atoms with Crippen molar-refractivity contribution in [1.82, 2.24) is 10.3 Å². The molecule has 0 fully saturated rings. The molecule has 6 heteroatoms. The second-order valence-corrected chi connectivity index (χ2v) is 7.42. The highest BCUT2D eigenvalue weighted by Gasteiger charge is 2.13. The molecule has 1 amide bonds. The van der Waals surface area contributed by atoms with E-state index in [1.165, 1.54) is 0 Å². The van der Waals surface area contributed by atoms with Crippen LogP contribution in [0, 0.1) is 13.8 Å². The number of rotatable bonds is 5. The SMILES string of the molecule is Cc1cc(C)c2cc(CCNC(=O)Cc3ccc4c(c3)OCCO4)c(=O)[nH]c2c1. The summed E-state index contributed by atoms with van der Waals surface area (Å²) in [6.07, 6.45) is 0.731. The van der Waals surface area contributed by atoms with Crippen LogP contribution in [0.25, 0.3) is 10.9 Å². The van der Waals surface area contributed by atoms with Gasteiger partial charge in [0, 0.05) is 23.0 Å². The second-order valence-electron chi connectivity index (χ2n) is 7.42. The van der Waals surface area contributed by atoms with Gasteiger partial charge in [0.2, 0.25) is 5.91 Å². The first-order valence-corrected chi connectivity index (χ1v) is 9.78. The summed E-state index contributed by atoms with van der Waals surface area (Å²) >= 11 is 0. The van der Waals surface area contributed by atoms with Crippen LogP contribution in [0.2, 0.25) is 0 Å². The molecule has 29 heavy (non-hydrogen) atoms. The molecular formula is C23H24N2O4. The number of pyridine rings is 1. The molecule has 150 valence electrons. The van der Waals surface area contributed by atoms with E-state index in [-0.39, 0.29) is 17.9 Å². The monoisotopic (exact) mass is 392 g/mol. The number of benzene rings is 2. The lowest BCUT2D eigenvalue weighted by Crippen LogP contribution is -2.28. The molecule has 4 rings (SSSR count). The second kappa shape index (κ2) is 7.99. The number of hydrogen-bond acceptors (Lipinski definition) is 4. The van der Waals surface area contributed by atoms with Gasteiger partial charge in [-0.1, -0.05) is 12.1 Å². The number of aromatic nitrogens is 1. The molecule has 0 saturated heterocycles. The average molecular weight is 392 g/mol. The van der Waals surface area contributed by atoms with Crippen molar-refractivity contribution in [3.8, 4) is 11.5 Å². The van der Waals surface area contributed by atoms with Crippen molar-refractivity contribution in [3.05, 3.63) is 69.0 Å². The topological polar surface area (TPSA) is 80.4 Å². The van der Waals surface area contributed by atoms with E-state index >= 15 is 0 Å². The third-order valence-corrected chi connectivity index (χ3v) is 5.08. The van der Waals surface area contributed by atoms with Gasteiger partial charge in [-0.25, -0.2) is 0 Å². The first-order valence-electron chi connectivity index (χ1n) is 9.78. The molecule has 1 aliphatic heterocycles. The van der Waals surface area contributed by atoms with Crippen LogP contribution in [-0.2, 0) is 17.6 Å². The first-order chi connectivity index (χ1) is 14.0. The Balaban J connectivity index is 1.38. The summed E-state index contributed by atoms with van der Waals surface area (Å²) in [5.74, 6) is 1.29. The largest absolute Gasteiger partial charge is 0.486 e. The van der Waals surface area contributed by atoms with Gasteiger partial charge in [0.15, 0.2) is 11.5 Å². The van der Waals surface area contributed by atoms with Gasteiger partial charge in [-0.15, -0.1) is 0 Å². The lowest BCUT2D eigenvalue weighted by atomic mass is 10.0. The Morgan fingerprint density at radius 2 is 1.86 bits per heavy atom. The van der Waals surface area contributed by atoms with Gasteiger partial charge in [0.1, 0.15) is 13.2 Å². The van der Waals surface area contributed by atoms with Crippen molar-refractivity contribution in [2.45, 2.75) is 26.7 Å². The highest BCUT2D eigenvalue weighted by molar-refractivity contribution is 5.83. The Morgan fingerprint density at radius 1 is 1.07 bits per heavy atom. The number of carbonyl (C=O) groups excluding carboxylic acids is 1. The number of aryl methyl sites for hydroxylation is 2. The average Bonchev–Trinajstić information content (AvgIpc) is 2.68. The van der Waals surface area contributed by atoms with Gasteiger partial charge in [0.25, 0.3) is 5.56 Å². The van der Waals surface area contributed by atoms with Crippen LogP contribution in [-0.4, -0.2) is 30.6 Å². The van der Waals surface area contributed by atoms with Crippen LogP contribution in [0.3, 0.4) is 0 Å². The van der Waals surface area contributed by atoms with Crippen molar-refractivity contribution in [2.24, 2.45) is 0 Å². The molecule has 1 aliphatic rings. The molecule has 0 saturated carbocycles. The van der Waals surface area contributed by atoms with E-state index in [1.807, 2.05) is 44.2 Å². The summed E-state index contributed by atoms with van der Waals surface area (Å²) in [7, 11) is 0. The number of amides is 1. The molecule has 1 aromatic heterocycles. The molecule has 2 N–H and O–H groups in total. The van der Waals surface area contributed by atoms with Crippen molar-refractivity contribution < 1.29 is 14.3 Å². The van der Waals surface area contributed by atoms with E-state index in [0.29, 0.717) is 43.2 Å². The Kier molecular flexibility index (Phi) is 5.25. The summed E-state index contributed by atoms with van der Waals surface area (Å²) in [5, 5.41) is 3.93. The molecular weight excluding hydrogens is 368 g/mol. The zero-order chi connectivity index (χ0) is 20.4. The van der Waals surface area contributed by atoms with Crippen LogP contribution in [0.5, 0.6) is 11.5 Å². The smallest absolute Gasteiger partial charge is 0.251 e. The van der Waals surface area contributed by atoms with Crippen LogP contribution >= 0.6 is 0 Å². The zero-order valence-electron chi connectivity index (χ0n) is 16.6. The Bertz CT molecular complexity index is 1130. The fourth-order valence-electron chi connectivity index (χ4n) is 3.68. The van der Waals surface area contributed by atoms with Crippen LogP contribution in [0.4, 0.5) is 0 Å². The number of nitrogens with one attached hydrogen (secondary N) is 2. The van der Waals surface area contributed by atoms with E-state index in [4.69, 9.17) is 9.47 Å². The Labute approximate surface area is 168 Å². The summed E-state index contributed by atoms with van der Waals surface area (Å²) < 4.78 is 11.1. The summed E-state index contributed by atoms with van der Waals surface area (Å²) in [6, 6.07) is 11.5. The quantitative estimate of drug-likeness (QED) is 0.700. The predicted molar refractivity (Wildman–Crippen MR) is 112 cm³/mol. The van der Waals surface area contributed by atoms with Gasteiger partial charge in [-0.3, -0.25) is 9.59 Å². The maximum Gasteiger partial charge on any atom is 0.251 e. The highest BCUT2D eigenvalue weighted by atomic mass is 16.6. The van der Waals surface area contributed by atoms with Gasteiger partial charge >= 0.3 is 0 Å². The molecule has 2 heterocycles. The van der Waals surface area contributed by atoms with Crippen LogP contribution in [0.1, 0.15) is 22.3 Å². The Morgan fingerprint density at radius 3 is 2.69 bits per heavy atom. The van der Waals surface area contributed by atoms with Crippen LogP contribution < -0.4 is 20.3 Å². The molecule has 0 spiro atoms. The zero-order valence-corrected chi connectivity index (χ0v) is 16.6. The normalized spacial score (nSPS) is 12.8. The number of fused-ring (bicyclic) bond motifs is 2. The summed E-state index contributed by atoms with van der Waals surface area (Å²) in [4.78, 5) is 27.6. The van der Waals surface area contributed by atoms with Crippen molar-refractivity contribution in [3.63, 3.8) is 0 Å². The van der Waals surface area contributed by atoms with Gasteiger partial charge in [0.05, 0.1) is 6.42 Å². The first kappa shape index (κ1) is 19.1. The molecule has 0 atom stereocenters. The fourth-order valence-corrected chi connectivity index (χ4v) is 3.68. The molecule has 3 aromatic rings. The minimum Gasteiger partial charge on any atom is -0.486 e. The van der Waals surface area contributed by atoms with E-state index in [0.717, 1.165) is 27.6 Å². The van der Waals surface area contributed by atoms with Gasteiger partial charge < -0.3 is 19.8 Å². The molecule has 0 bridgehead atoms. The lowest BCUT2D eigenvalue weighted by molar-refractivity contribution is -0.120. The third-order valence-electron chi connectivity index (χ3n) is 5.08. The van der Waals surface area contributed by atoms with Gasteiger partial charge in [-0.2, -0.15) is 0 Å². The minimum absolute atomic E-state index is 0.0919.